The Bertz CT molecular complexity index is 886. The number of anilines is 1. The van der Waals surface area contributed by atoms with E-state index in [0.717, 1.165) is 28.1 Å². The molecular weight excluding hydrogens is 324 g/mol. The molecule has 0 saturated carbocycles. The largest absolute Gasteiger partial charge is 0.325 e. The smallest absolute Gasteiger partial charge is 0.238 e. The summed E-state index contributed by atoms with van der Waals surface area (Å²) in [6, 6.07) is 16.0. The van der Waals surface area contributed by atoms with Crippen molar-refractivity contribution in [3.8, 4) is 5.69 Å². The minimum Gasteiger partial charge on any atom is -0.325 e. The molecule has 0 spiro atoms. The second-order valence-electron chi connectivity index (χ2n) is 6.67. The molecule has 3 aromatic rings. The van der Waals surface area contributed by atoms with Crippen molar-refractivity contribution in [1.82, 2.24) is 14.7 Å². The molecule has 0 bridgehead atoms. The molecule has 0 aliphatic rings. The maximum atomic E-state index is 12.3. The van der Waals surface area contributed by atoms with Gasteiger partial charge >= 0.3 is 0 Å². The first-order valence-corrected chi connectivity index (χ1v) is 8.66. The van der Waals surface area contributed by atoms with E-state index in [0.29, 0.717) is 13.1 Å². The Labute approximate surface area is 154 Å². The molecule has 5 nitrogen and oxygen atoms in total. The van der Waals surface area contributed by atoms with Crippen molar-refractivity contribution in [2.75, 3.05) is 18.9 Å². The average molecular weight is 348 g/mol. The van der Waals surface area contributed by atoms with Crippen LogP contribution < -0.4 is 5.32 Å². The molecule has 134 valence electrons. The summed E-state index contributed by atoms with van der Waals surface area (Å²) in [6.45, 7) is 5.00. The van der Waals surface area contributed by atoms with Gasteiger partial charge in [-0.1, -0.05) is 30.3 Å². The maximum absolute atomic E-state index is 12.3. The van der Waals surface area contributed by atoms with Gasteiger partial charge in [0.2, 0.25) is 5.91 Å². The molecule has 0 atom stereocenters. The van der Waals surface area contributed by atoms with Crippen LogP contribution in [0.2, 0.25) is 0 Å². The number of carbonyl (C=O) groups is 1. The number of hydrogen-bond donors (Lipinski definition) is 1. The van der Waals surface area contributed by atoms with Crippen LogP contribution in [-0.4, -0.2) is 34.2 Å². The van der Waals surface area contributed by atoms with Gasteiger partial charge in [-0.05, 0) is 50.2 Å². The quantitative estimate of drug-likeness (QED) is 0.741. The second-order valence-corrected chi connectivity index (χ2v) is 6.67. The fourth-order valence-electron chi connectivity index (χ4n) is 2.84. The molecule has 1 amide bonds. The first-order chi connectivity index (χ1) is 12.5. The fourth-order valence-corrected chi connectivity index (χ4v) is 2.84. The number of nitrogens with one attached hydrogen (secondary N) is 1. The summed E-state index contributed by atoms with van der Waals surface area (Å²) < 4.78 is 1.85. The highest BCUT2D eigenvalue weighted by molar-refractivity contribution is 5.93. The molecule has 1 heterocycles. The number of hydrogen-bond acceptors (Lipinski definition) is 3. The van der Waals surface area contributed by atoms with Gasteiger partial charge in [-0.2, -0.15) is 5.10 Å². The van der Waals surface area contributed by atoms with E-state index in [1.165, 1.54) is 0 Å². The minimum absolute atomic E-state index is 0.0170. The van der Waals surface area contributed by atoms with Crippen molar-refractivity contribution in [3.05, 3.63) is 77.6 Å². The lowest BCUT2D eigenvalue weighted by Crippen LogP contribution is -2.30. The van der Waals surface area contributed by atoms with E-state index in [1.807, 2.05) is 91.4 Å². The number of aryl methyl sites for hydroxylation is 2. The van der Waals surface area contributed by atoms with Gasteiger partial charge in [-0.25, -0.2) is 4.68 Å². The van der Waals surface area contributed by atoms with Gasteiger partial charge < -0.3 is 5.32 Å². The summed E-state index contributed by atoms with van der Waals surface area (Å²) in [6.07, 6.45) is 3.83. The highest BCUT2D eigenvalue weighted by atomic mass is 16.2. The number of likely N-dealkylation sites (N-methyl/N-ethyl adjacent to an activating group) is 1. The molecular formula is C21H24N4O. The number of amides is 1. The lowest BCUT2D eigenvalue weighted by molar-refractivity contribution is -0.117. The zero-order chi connectivity index (χ0) is 18.5. The van der Waals surface area contributed by atoms with Crippen LogP contribution in [0.5, 0.6) is 0 Å². The number of nitrogens with zero attached hydrogens (tertiary/aromatic N) is 3. The minimum atomic E-state index is -0.0170. The van der Waals surface area contributed by atoms with E-state index < -0.39 is 0 Å². The van der Waals surface area contributed by atoms with Crippen LogP contribution in [-0.2, 0) is 11.3 Å². The fraction of sp³-hybridized carbons (Fsp3) is 0.238. The molecule has 0 aliphatic carbocycles. The number of rotatable bonds is 6. The highest BCUT2D eigenvalue weighted by Gasteiger charge is 2.10. The van der Waals surface area contributed by atoms with Crippen molar-refractivity contribution in [3.63, 3.8) is 0 Å². The van der Waals surface area contributed by atoms with Crippen LogP contribution in [0.15, 0.2) is 60.9 Å². The predicted octanol–water partition coefficient (Wildman–Crippen LogP) is 3.56. The molecule has 1 N–H and O–H groups in total. The molecule has 0 radical (unpaired) electrons. The molecule has 0 fully saturated rings. The highest BCUT2D eigenvalue weighted by Crippen LogP contribution is 2.16. The van der Waals surface area contributed by atoms with Gasteiger partial charge in [0.15, 0.2) is 0 Å². The summed E-state index contributed by atoms with van der Waals surface area (Å²) in [5.74, 6) is -0.0170. The van der Waals surface area contributed by atoms with Crippen LogP contribution in [0.4, 0.5) is 5.69 Å². The molecule has 2 aromatic carbocycles. The van der Waals surface area contributed by atoms with Crippen LogP contribution >= 0.6 is 0 Å². The third kappa shape index (κ3) is 4.58. The van der Waals surface area contributed by atoms with Crippen molar-refractivity contribution in [2.24, 2.45) is 0 Å². The summed E-state index contributed by atoms with van der Waals surface area (Å²) in [5.41, 5.74) is 5.16. The standard InChI is InChI=1S/C21H24N4O/c1-16-9-10-17(2)20(11-16)23-21(26)15-24(3)13-18-12-22-25(14-18)19-7-5-4-6-8-19/h4-12,14H,13,15H2,1-3H3,(H,23,26). The van der Waals surface area contributed by atoms with Crippen LogP contribution in [0.25, 0.3) is 5.69 Å². The van der Waals surface area contributed by atoms with Crippen molar-refractivity contribution < 1.29 is 4.79 Å². The monoisotopic (exact) mass is 348 g/mol. The van der Waals surface area contributed by atoms with Gasteiger partial charge in [0.05, 0.1) is 18.4 Å². The third-order valence-corrected chi connectivity index (χ3v) is 4.19. The summed E-state index contributed by atoms with van der Waals surface area (Å²) in [4.78, 5) is 14.3. The predicted molar refractivity (Wildman–Crippen MR) is 104 cm³/mol. The zero-order valence-corrected chi connectivity index (χ0v) is 15.4. The van der Waals surface area contributed by atoms with Gasteiger partial charge in [0, 0.05) is 24.0 Å². The van der Waals surface area contributed by atoms with E-state index >= 15 is 0 Å². The van der Waals surface area contributed by atoms with Crippen molar-refractivity contribution >= 4 is 11.6 Å². The topological polar surface area (TPSA) is 50.2 Å². The van der Waals surface area contributed by atoms with E-state index in [4.69, 9.17) is 0 Å². The van der Waals surface area contributed by atoms with E-state index in [9.17, 15) is 4.79 Å². The average Bonchev–Trinajstić information content (AvgIpc) is 3.07. The molecule has 0 unspecified atom stereocenters. The van der Waals surface area contributed by atoms with Crippen LogP contribution in [0.1, 0.15) is 16.7 Å². The molecule has 5 heteroatoms. The Kier molecular flexibility index (Phi) is 5.49. The van der Waals surface area contributed by atoms with E-state index in [2.05, 4.69) is 10.4 Å². The molecule has 0 aliphatic heterocycles. The summed E-state index contributed by atoms with van der Waals surface area (Å²) in [7, 11) is 1.93. The first kappa shape index (κ1) is 17.9. The van der Waals surface area contributed by atoms with Crippen LogP contribution in [0.3, 0.4) is 0 Å². The SMILES string of the molecule is Cc1ccc(C)c(NC(=O)CN(C)Cc2cnn(-c3ccccc3)c2)c1. The number of aromatic nitrogens is 2. The Balaban J connectivity index is 1.57. The number of carbonyl (C=O) groups excluding carboxylic acids is 1. The Hall–Kier alpha value is -2.92. The van der Waals surface area contributed by atoms with Gasteiger partial charge in [-0.3, -0.25) is 9.69 Å². The number of para-hydroxylation sites is 1. The summed E-state index contributed by atoms with van der Waals surface area (Å²) in [5, 5.41) is 7.39. The Morgan fingerprint density at radius 1 is 1.15 bits per heavy atom. The zero-order valence-electron chi connectivity index (χ0n) is 15.4. The van der Waals surface area contributed by atoms with Gasteiger partial charge in [0.25, 0.3) is 0 Å². The van der Waals surface area contributed by atoms with E-state index in [1.54, 1.807) is 0 Å². The first-order valence-electron chi connectivity index (χ1n) is 8.66. The molecule has 26 heavy (non-hydrogen) atoms. The van der Waals surface area contributed by atoms with Gasteiger partial charge in [-0.15, -0.1) is 0 Å². The van der Waals surface area contributed by atoms with Crippen molar-refractivity contribution in [2.45, 2.75) is 20.4 Å². The molecule has 1 aromatic heterocycles. The van der Waals surface area contributed by atoms with Gasteiger partial charge in [0.1, 0.15) is 0 Å². The second kappa shape index (κ2) is 7.97. The number of benzene rings is 2. The normalized spacial score (nSPS) is 10.9. The van der Waals surface area contributed by atoms with E-state index in [-0.39, 0.29) is 5.91 Å². The Morgan fingerprint density at radius 3 is 2.69 bits per heavy atom. The third-order valence-electron chi connectivity index (χ3n) is 4.19. The summed E-state index contributed by atoms with van der Waals surface area (Å²) >= 11 is 0. The Morgan fingerprint density at radius 2 is 1.92 bits per heavy atom. The maximum Gasteiger partial charge on any atom is 0.238 e. The molecule has 0 saturated heterocycles. The molecule has 3 rings (SSSR count). The van der Waals surface area contributed by atoms with Crippen molar-refractivity contribution in [1.29, 1.82) is 0 Å². The van der Waals surface area contributed by atoms with Crippen LogP contribution in [0, 0.1) is 13.8 Å². The lowest BCUT2D eigenvalue weighted by Gasteiger charge is -2.16. The lowest BCUT2D eigenvalue weighted by atomic mass is 10.1.